The highest BCUT2D eigenvalue weighted by Crippen LogP contribution is 2.35. The van der Waals surface area contributed by atoms with Gasteiger partial charge in [0.25, 0.3) is 5.69 Å². The Balaban J connectivity index is 0.000000569. The summed E-state index contributed by atoms with van der Waals surface area (Å²) in [5.74, 6) is -2.77. The lowest BCUT2D eigenvalue weighted by molar-refractivity contribution is -0.385. The van der Waals surface area contributed by atoms with Crippen molar-refractivity contribution in [1.29, 1.82) is 0 Å². The van der Waals surface area contributed by atoms with E-state index in [-0.39, 0.29) is 10.6 Å². The van der Waals surface area contributed by atoms with E-state index < -0.39 is 11.9 Å². The summed E-state index contributed by atoms with van der Waals surface area (Å²) in [4.78, 5) is 38.1. The van der Waals surface area contributed by atoms with Crippen LogP contribution >= 0.6 is 0 Å². The SMILES string of the molecule is COc1cc(CN2CCN(Cc3cccnc3)CC2)c([N+](=O)[O-])cc1OC.O=C(O)C(=O)O. The molecule has 1 aromatic carbocycles. The van der Waals surface area contributed by atoms with Gasteiger partial charge in [0.1, 0.15) is 0 Å². The maximum absolute atomic E-state index is 11.5. The lowest BCUT2D eigenvalue weighted by atomic mass is 10.1. The Kier molecular flexibility index (Phi) is 9.51. The van der Waals surface area contributed by atoms with E-state index >= 15 is 0 Å². The molecule has 12 heteroatoms. The number of methoxy groups -OCH3 is 2. The van der Waals surface area contributed by atoms with Crippen LogP contribution in [0, 0.1) is 10.1 Å². The predicted octanol–water partition coefficient (Wildman–Crippen LogP) is 1.48. The van der Waals surface area contributed by atoms with Gasteiger partial charge in [-0.3, -0.25) is 24.9 Å². The van der Waals surface area contributed by atoms with Crippen molar-refractivity contribution >= 4 is 17.6 Å². The highest BCUT2D eigenvalue weighted by Gasteiger charge is 2.23. The van der Waals surface area contributed by atoms with Crippen LogP contribution in [0.2, 0.25) is 0 Å². The van der Waals surface area contributed by atoms with E-state index in [1.54, 1.807) is 12.3 Å². The molecule has 1 aliphatic rings. The molecule has 0 aliphatic carbocycles. The van der Waals surface area contributed by atoms with Gasteiger partial charge in [0.15, 0.2) is 11.5 Å². The number of carboxylic acid groups (broad SMARTS) is 2. The first-order valence-electron chi connectivity index (χ1n) is 9.94. The van der Waals surface area contributed by atoms with Crippen LogP contribution in [-0.4, -0.2) is 82.3 Å². The summed E-state index contributed by atoms with van der Waals surface area (Å²) in [6.45, 7) is 4.92. The fourth-order valence-corrected chi connectivity index (χ4v) is 3.30. The van der Waals surface area contributed by atoms with Gasteiger partial charge in [-0.2, -0.15) is 0 Å². The summed E-state index contributed by atoms with van der Waals surface area (Å²) in [5.41, 5.74) is 1.89. The first-order chi connectivity index (χ1) is 15.7. The first kappa shape index (κ1) is 25.5. The molecule has 178 valence electrons. The molecule has 1 aromatic heterocycles. The van der Waals surface area contributed by atoms with Crippen molar-refractivity contribution in [2.24, 2.45) is 0 Å². The summed E-state index contributed by atoms with van der Waals surface area (Å²) < 4.78 is 10.5. The molecule has 0 saturated carbocycles. The number of piperazine rings is 1. The molecule has 12 nitrogen and oxygen atoms in total. The Labute approximate surface area is 190 Å². The molecular weight excluding hydrogens is 436 g/mol. The number of carboxylic acids is 2. The number of hydrogen-bond donors (Lipinski definition) is 2. The molecule has 0 amide bonds. The van der Waals surface area contributed by atoms with Crippen molar-refractivity contribution in [3.8, 4) is 11.5 Å². The van der Waals surface area contributed by atoms with Crippen molar-refractivity contribution in [3.05, 3.63) is 57.9 Å². The molecule has 3 rings (SSSR count). The van der Waals surface area contributed by atoms with Crippen LogP contribution in [0.4, 0.5) is 5.69 Å². The maximum Gasteiger partial charge on any atom is 0.414 e. The Hall–Kier alpha value is -3.77. The average molecular weight is 462 g/mol. The summed E-state index contributed by atoms with van der Waals surface area (Å²) in [6, 6.07) is 7.17. The monoisotopic (exact) mass is 462 g/mol. The number of benzene rings is 1. The van der Waals surface area contributed by atoms with Gasteiger partial charge in [0, 0.05) is 57.2 Å². The van der Waals surface area contributed by atoms with E-state index in [0.29, 0.717) is 23.6 Å². The molecule has 2 aromatic rings. The van der Waals surface area contributed by atoms with Crippen molar-refractivity contribution in [2.45, 2.75) is 13.1 Å². The number of nitro groups is 1. The number of nitrogens with zero attached hydrogens (tertiary/aromatic N) is 4. The minimum absolute atomic E-state index is 0.0606. The molecule has 1 saturated heterocycles. The van der Waals surface area contributed by atoms with Crippen LogP contribution in [0.1, 0.15) is 11.1 Å². The second-order valence-corrected chi connectivity index (χ2v) is 7.12. The predicted molar refractivity (Wildman–Crippen MR) is 116 cm³/mol. The van der Waals surface area contributed by atoms with Crippen LogP contribution in [0.15, 0.2) is 36.7 Å². The van der Waals surface area contributed by atoms with Gasteiger partial charge >= 0.3 is 11.9 Å². The normalized spacial score (nSPS) is 14.0. The third kappa shape index (κ3) is 7.70. The summed E-state index contributed by atoms with van der Waals surface area (Å²) in [5, 5.41) is 26.2. The molecule has 0 bridgehead atoms. The molecular formula is C21H26N4O8. The zero-order valence-corrected chi connectivity index (χ0v) is 18.3. The number of rotatable bonds is 7. The standard InChI is InChI=1S/C19H24N4O4.C2H2O4/c1-26-18-10-16(17(23(24)25)11-19(18)27-2)14-22-8-6-21(7-9-22)13-15-4-3-5-20-12-15;3-1(4)2(5)6/h3-5,10-12H,6-9,13-14H2,1-2H3;(H,3,4)(H,5,6). The van der Waals surface area contributed by atoms with Gasteiger partial charge in [-0.05, 0) is 17.7 Å². The van der Waals surface area contributed by atoms with Crippen molar-refractivity contribution in [2.75, 3.05) is 40.4 Å². The zero-order valence-electron chi connectivity index (χ0n) is 18.3. The number of ether oxygens (including phenoxy) is 2. The number of carbonyl (C=O) groups is 2. The summed E-state index contributed by atoms with van der Waals surface area (Å²) in [6.07, 6.45) is 3.66. The number of aromatic nitrogens is 1. The topological polar surface area (TPSA) is 156 Å². The van der Waals surface area contributed by atoms with E-state index in [2.05, 4.69) is 20.9 Å². The lowest BCUT2D eigenvalue weighted by Gasteiger charge is -2.34. The zero-order chi connectivity index (χ0) is 24.4. The Morgan fingerprint density at radius 3 is 2.03 bits per heavy atom. The van der Waals surface area contributed by atoms with E-state index in [4.69, 9.17) is 29.3 Å². The molecule has 0 atom stereocenters. The van der Waals surface area contributed by atoms with Gasteiger partial charge in [-0.1, -0.05) is 6.07 Å². The number of aliphatic carboxylic acids is 2. The van der Waals surface area contributed by atoms with Crippen molar-refractivity contribution in [1.82, 2.24) is 14.8 Å². The number of hydrogen-bond acceptors (Lipinski definition) is 9. The van der Waals surface area contributed by atoms with Gasteiger partial charge in [-0.25, -0.2) is 9.59 Å². The van der Waals surface area contributed by atoms with Gasteiger partial charge in [0.05, 0.1) is 25.2 Å². The number of nitro benzene ring substituents is 1. The van der Waals surface area contributed by atoms with Crippen LogP contribution in [0.25, 0.3) is 0 Å². The molecule has 33 heavy (non-hydrogen) atoms. The van der Waals surface area contributed by atoms with Gasteiger partial charge < -0.3 is 19.7 Å². The van der Waals surface area contributed by atoms with Gasteiger partial charge in [-0.15, -0.1) is 0 Å². The third-order valence-corrected chi connectivity index (χ3v) is 4.95. The average Bonchev–Trinajstić information content (AvgIpc) is 2.81. The van der Waals surface area contributed by atoms with E-state index in [9.17, 15) is 10.1 Å². The summed E-state index contributed by atoms with van der Waals surface area (Å²) >= 11 is 0. The molecule has 1 aliphatic heterocycles. The van der Waals surface area contributed by atoms with Gasteiger partial charge in [0.2, 0.25) is 0 Å². The quantitative estimate of drug-likeness (QED) is 0.349. The minimum Gasteiger partial charge on any atom is -0.493 e. The van der Waals surface area contributed by atoms with E-state index in [1.807, 2.05) is 12.3 Å². The molecule has 2 N–H and O–H groups in total. The number of pyridine rings is 1. The Morgan fingerprint density at radius 2 is 1.58 bits per heavy atom. The first-order valence-corrected chi connectivity index (χ1v) is 9.94. The summed E-state index contributed by atoms with van der Waals surface area (Å²) in [7, 11) is 3.01. The fraction of sp³-hybridized carbons (Fsp3) is 0.381. The third-order valence-electron chi connectivity index (χ3n) is 4.95. The maximum atomic E-state index is 11.5. The Morgan fingerprint density at radius 1 is 1.03 bits per heavy atom. The highest BCUT2D eigenvalue weighted by atomic mass is 16.6. The van der Waals surface area contributed by atoms with E-state index in [1.165, 1.54) is 25.8 Å². The molecule has 2 heterocycles. The second kappa shape index (κ2) is 12.3. The van der Waals surface area contributed by atoms with Crippen LogP contribution < -0.4 is 9.47 Å². The largest absolute Gasteiger partial charge is 0.493 e. The van der Waals surface area contributed by atoms with Crippen LogP contribution in [-0.2, 0) is 22.7 Å². The molecule has 0 spiro atoms. The highest BCUT2D eigenvalue weighted by molar-refractivity contribution is 6.27. The molecule has 0 radical (unpaired) electrons. The smallest absolute Gasteiger partial charge is 0.414 e. The lowest BCUT2D eigenvalue weighted by Crippen LogP contribution is -2.45. The van der Waals surface area contributed by atoms with Crippen molar-refractivity contribution in [3.63, 3.8) is 0 Å². The Bertz CT molecular complexity index is 950. The van der Waals surface area contributed by atoms with Crippen molar-refractivity contribution < 1.29 is 34.2 Å². The second-order valence-electron chi connectivity index (χ2n) is 7.12. The van der Waals surface area contributed by atoms with Crippen LogP contribution in [0.5, 0.6) is 11.5 Å². The minimum atomic E-state index is -1.82. The van der Waals surface area contributed by atoms with E-state index in [0.717, 1.165) is 32.7 Å². The molecule has 1 fully saturated rings. The van der Waals surface area contributed by atoms with Crippen LogP contribution in [0.3, 0.4) is 0 Å². The fourth-order valence-electron chi connectivity index (χ4n) is 3.30. The molecule has 0 unspecified atom stereocenters.